The van der Waals surface area contributed by atoms with Crippen molar-refractivity contribution in [3.05, 3.63) is 94.4 Å². The van der Waals surface area contributed by atoms with Gasteiger partial charge in [0, 0.05) is 37.6 Å². The number of benzene rings is 3. The summed E-state index contributed by atoms with van der Waals surface area (Å²) in [5.74, 6) is -0.817. The van der Waals surface area contributed by atoms with Gasteiger partial charge in [-0.05, 0) is 59.8 Å². The first kappa shape index (κ1) is 28.3. The maximum absolute atomic E-state index is 13.0. The van der Waals surface area contributed by atoms with Crippen LogP contribution in [-0.4, -0.2) is 72.1 Å². The van der Waals surface area contributed by atoms with Crippen molar-refractivity contribution in [2.24, 2.45) is 0 Å². The van der Waals surface area contributed by atoms with Crippen molar-refractivity contribution in [3.8, 4) is 5.75 Å². The minimum Gasteiger partial charge on any atom is -0.482 e. The zero-order valence-corrected chi connectivity index (χ0v) is 23.6. The first-order chi connectivity index (χ1) is 19.9. The van der Waals surface area contributed by atoms with Crippen molar-refractivity contribution in [1.82, 2.24) is 9.80 Å². The Hall–Kier alpha value is -4.28. The van der Waals surface area contributed by atoms with Crippen LogP contribution in [0.2, 0.25) is 5.02 Å². The molecule has 0 radical (unpaired) electrons. The average molecular weight is 591 g/mol. The third kappa shape index (κ3) is 7.08. The van der Waals surface area contributed by atoms with E-state index in [9.17, 15) is 19.2 Å². The Labute approximate surface area is 246 Å². The number of halogens is 1. The van der Waals surface area contributed by atoms with Crippen molar-refractivity contribution in [1.29, 1.82) is 0 Å². The van der Waals surface area contributed by atoms with E-state index in [0.29, 0.717) is 43.2 Å². The van der Waals surface area contributed by atoms with Crippen LogP contribution in [0.3, 0.4) is 0 Å². The monoisotopic (exact) mass is 590 g/mol. The van der Waals surface area contributed by atoms with E-state index in [1.54, 1.807) is 41.3 Å². The molecule has 210 valence electrons. The lowest BCUT2D eigenvalue weighted by molar-refractivity contribution is -0.136. The van der Waals surface area contributed by atoms with Gasteiger partial charge < -0.3 is 19.9 Å². The Bertz CT molecular complexity index is 1480. The molecule has 3 aromatic carbocycles. The molecule has 0 unspecified atom stereocenters. The van der Waals surface area contributed by atoms with E-state index in [1.165, 1.54) is 0 Å². The van der Waals surface area contributed by atoms with Crippen LogP contribution in [-0.2, 0) is 14.4 Å². The van der Waals surface area contributed by atoms with Gasteiger partial charge >= 0.3 is 0 Å². The topological polar surface area (TPSA) is 99.3 Å². The van der Waals surface area contributed by atoms with E-state index in [2.05, 4.69) is 10.2 Å². The Kier molecular flexibility index (Phi) is 8.91. The smallest absolute Gasteiger partial charge is 0.294 e. The van der Waals surface area contributed by atoms with E-state index >= 15 is 0 Å². The molecule has 1 N–H and O–H groups in total. The summed E-state index contributed by atoms with van der Waals surface area (Å²) in [6, 6.07) is 23.8. The molecule has 0 atom stereocenters. The summed E-state index contributed by atoms with van der Waals surface area (Å²) < 4.78 is 5.54. The molecule has 11 heteroatoms. The van der Waals surface area contributed by atoms with Crippen molar-refractivity contribution in [2.45, 2.75) is 0 Å². The first-order valence-electron chi connectivity index (χ1n) is 13.0. The number of thioether (sulfide) groups is 1. The Morgan fingerprint density at radius 2 is 1.61 bits per heavy atom. The highest BCUT2D eigenvalue weighted by atomic mass is 35.5. The summed E-state index contributed by atoms with van der Waals surface area (Å²) >= 11 is 7.13. The van der Waals surface area contributed by atoms with Gasteiger partial charge in [-0.15, -0.1) is 0 Å². The Morgan fingerprint density at radius 3 is 2.29 bits per heavy atom. The second kappa shape index (κ2) is 12.9. The van der Waals surface area contributed by atoms with Crippen LogP contribution >= 0.6 is 23.4 Å². The SMILES string of the molecule is O=C(COc1ccc(/C=C2/SC(=O)N(CC(=O)N3CCN(c4ccccc4)CC3)C2=O)cc1Cl)Nc1ccccc1. The van der Waals surface area contributed by atoms with Gasteiger partial charge in [0.1, 0.15) is 12.3 Å². The number of hydrogen-bond acceptors (Lipinski definition) is 7. The highest BCUT2D eigenvalue weighted by molar-refractivity contribution is 8.18. The van der Waals surface area contributed by atoms with Gasteiger partial charge in [-0.25, -0.2) is 0 Å². The molecule has 41 heavy (non-hydrogen) atoms. The minimum atomic E-state index is -0.523. The summed E-state index contributed by atoms with van der Waals surface area (Å²) in [4.78, 5) is 55.7. The number of ether oxygens (including phenoxy) is 1. The van der Waals surface area contributed by atoms with Crippen LogP contribution in [0.15, 0.2) is 83.8 Å². The molecule has 0 saturated carbocycles. The molecule has 4 amide bonds. The van der Waals surface area contributed by atoms with Crippen LogP contribution < -0.4 is 15.0 Å². The summed E-state index contributed by atoms with van der Waals surface area (Å²) in [6.07, 6.45) is 1.55. The van der Waals surface area contributed by atoms with Gasteiger partial charge in [0.25, 0.3) is 17.1 Å². The lowest BCUT2D eigenvalue weighted by atomic mass is 10.2. The zero-order chi connectivity index (χ0) is 28.8. The van der Waals surface area contributed by atoms with E-state index in [0.717, 1.165) is 22.3 Å². The first-order valence-corrected chi connectivity index (χ1v) is 14.2. The summed E-state index contributed by atoms with van der Waals surface area (Å²) in [6.45, 7) is 1.85. The number of carbonyl (C=O) groups is 4. The van der Waals surface area contributed by atoms with Crippen LogP contribution in [0.4, 0.5) is 16.2 Å². The van der Waals surface area contributed by atoms with Gasteiger partial charge in [0.2, 0.25) is 5.91 Å². The van der Waals surface area contributed by atoms with Crippen LogP contribution in [0.1, 0.15) is 5.56 Å². The van der Waals surface area contributed by atoms with Gasteiger partial charge in [-0.3, -0.25) is 24.1 Å². The van der Waals surface area contributed by atoms with Gasteiger partial charge in [-0.1, -0.05) is 54.1 Å². The Morgan fingerprint density at radius 1 is 0.927 bits per heavy atom. The fourth-order valence-corrected chi connectivity index (χ4v) is 5.54. The van der Waals surface area contributed by atoms with Crippen LogP contribution in [0.5, 0.6) is 5.75 Å². The third-order valence-electron chi connectivity index (χ3n) is 6.59. The molecule has 0 spiro atoms. The normalized spacial score (nSPS) is 16.3. The fourth-order valence-electron chi connectivity index (χ4n) is 4.46. The molecule has 0 bridgehead atoms. The third-order valence-corrected chi connectivity index (χ3v) is 7.79. The van der Waals surface area contributed by atoms with Gasteiger partial charge in [0.05, 0.1) is 9.93 Å². The molecular formula is C30H27ClN4O5S. The quantitative estimate of drug-likeness (QED) is 0.378. The van der Waals surface area contributed by atoms with Crippen molar-refractivity contribution < 1.29 is 23.9 Å². The summed E-state index contributed by atoms with van der Waals surface area (Å²) in [5.41, 5.74) is 2.33. The number of para-hydroxylation sites is 2. The second-order valence-electron chi connectivity index (χ2n) is 9.36. The maximum atomic E-state index is 13.0. The highest BCUT2D eigenvalue weighted by Gasteiger charge is 2.37. The largest absolute Gasteiger partial charge is 0.482 e. The number of amides is 4. The molecule has 2 saturated heterocycles. The standard InChI is InChI=1S/C30H27ClN4O5S/c31-24-17-21(11-12-25(24)40-20-27(36)32-22-7-3-1-4-8-22)18-26-29(38)35(30(39)41-26)19-28(37)34-15-13-33(14-16-34)23-9-5-2-6-10-23/h1-12,17-18H,13-16,19-20H2,(H,32,36)/b26-18+. The number of nitrogens with zero attached hydrogens (tertiary/aromatic N) is 3. The number of rotatable bonds is 8. The average Bonchev–Trinajstić information content (AvgIpc) is 3.25. The van der Waals surface area contributed by atoms with E-state index in [1.807, 2.05) is 48.5 Å². The van der Waals surface area contributed by atoms with Crippen LogP contribution in [0, 0.1) is 0 Å². The highest BCUT2D eigenvalue weighted by Crippen LogP contribution is 2.34. The zero-order valence-electron chi connectivity index (χ0n) is 22.0. The minimum absolute atomic E-state index is 0.198. The number of carbonyl (C=O) groups excluding carboxylic acids is 4. The molecule has 5 rings (SSSR count). The molecule has 2 aliphatic rings. The van der Waals surface area contributed by atoms with E-state index in [-0.39, 0.29) is 34.9 Å². The molecule has 9 nitrogen and oxygen atoms in total. The number of anilines is 2. The summed E-state index contributed by atoms with van der Waals surface area (Å²) in [5, 5.41) is 2.48. The second-order valence-corrected chi connectivity index (χ2v) is 10.8. The number of piperazine rings is 1. The molecule has 2 heterocycles. The number of nitrogens with one attached hydrogen (secondary N) is 1. The fraction of sp³-hybridized carbons (Fsp3) is 0.200. The predicted molar refractivity (Wildman–Crippen MR) is 160 cm³/mol. The van der Waals surface area contributed by atoms with Crippen molar-refractivity contribution in [2.75, 3.05) is 49.5 Å². The molecule has 2 aliphatic heterocycles. The number of hydrogen-bond donors (Lipinski definition) is 1. The lowest BCUT2D eigenvalue weighted by Crippen LogP contribution is -2.51. The van der Waals surface area contributed by atoms with Crippen molar-refractivity contribution in [3.63, 3.8) is 0 Å². The molecule has 2 fully saturated rings. The Balaban J connectivity index is 1.14. The summed E-state index contributed by atoms with van der Waals surface area (Å²) in [7, 11) is 0. The van der Waals surface area contributed by atoms with Gasteiger partial charge in [-0.2, -0.15) is 0 Å². The lowest BCUT2D eigenvalue weighted by Gasteiger charge is -2.36. The maximum Gasteiger partial charge on any atom is 0.294 e. The van der Waals surface area contributed by atoms with Crippen molar-refractivity contribution >= 4 is 63.8 Å². The molecule has 3 aromatic rings. The van der Waals surface area contributed by atoms with E-state index in [4.69, 9.17) is 16.3 Å². The van der Waals surface area contributed by atoms with Gasteiger partial charge in [0.15, 0.2) is 6.61 Å². The molecular weight excluding hydrogens is 564 g/mol. The molecule has 0 aliphatic carbocycles. The predicted octanol–water partition coefficient (Wildman–Crippen LogP) is 4.74. The molecule has 0 aromatic heterocycles. The van der Waals surface area contributed by atoms with Crippen LogP contribution in [0.25, 0.3) is 6.08 Å². The number of imide groups is 1. The van der Waals surface area contributed by atoms with E-state index < -0.39 is 11.1 Å².